The summed E-state index contributed by atoms with van der Waals surface area (Å²) in [4.78, 5) is 16.9. The summed E-state index contributed by atoms with van der Waals surface area (Å²) < 4.78 is 32.8. The van der Waals surface area contributed by atoms with E-state index >= 15 is 0 Å². The van der Waals surface area contributed by atoms with Gasteiger partial charge in [0.2, 0.25) is 15.9 Å². The smallest absolute Gasteiger partial charge is 0.236 e. The van der Waals surface area contributed by atoms with Crippen molar-refractivity contribution < 1.29 is 17.9 Å². The Morgan fingerprint density at radius 3 is 2.63 bits per heavy atom. The second-order valence-corrected chi connectivity index (χ2v) is 11.3. The second kappa shape index (κ2) is 8.48. The molecule has 4 rings (SSSR count). The Kier molecular flexibility index (Phi) is 6.10. The summed E-state index contributed by atoms with van der Waals surface area (Å²) in [5, 5.41) is 0. The number of hydrogen-bond acceptors (Lipinski definition) is 5. The second-order valence-electron chi connectivity index (χ2n) is 9.29. The third-order valence-electron chi connectivity index (χ3n) is 6.72. The highest BCUT2D eigenvalue weighted by molar-refractivity contribution is 7.88. The first-order valence-electron chi connectivity index (χ1n) is 11.0. The zero-order chi connectivity index (χ0) is 21.4. The van der Waals surface area contributed by atoms with Crippen LogP contribution in [0.2, 0.25) is 0 Å². The quantitative estimate of drug-likeness (QED) is 0.726. The number of piperidine rings is 2. The average molecular weight is 436 g/mol. The zero-order valence-corrected chi connectivity index (χ0v) is 18.9. The van der Waals surface area contributed by atoms with E-state index in [1.54, 1.807) is 0 Å². The maximum Gasteiger partial charge on any atom is 0.236 e. The van der Waals surface area contributed by atoms with Gasteiger partial charge in [0.25, 0.3) is 0 Å². The summed E-state index contributed by atoms with van der Waals surface area (Å²) in [5.41, 5.74) is 0.353. The van der Waals surface area contributed by atoms with Crippen molar-refractivity contribution in [3.05, 3.63) is 29.8 Å². The number of likely N-dealkylation sites (tertiary alicyclic amines) is 2. The van der Waals surface area contributed by atoms with Crippen LogP contribution in [0, 0.1) is 5.92 Å². The maximum atomic E-state index is 12.7. The summed E-state index contributed by atoms with van der Waals surface area (Å²) in [6.07, 6.45) is 4.96. The van der Waals surface area contributed by atoms with Crippen molar-refractivity contribution in [2.45, 2.75) is 44.8 Å². The molecule has 0 N–H and O–H groups in total. The van der Waals surface area contributed by atoms with Crippen LogP contribution in [0.3, 0.4) is 0 Å². The molecule has 0 radical (unpaired) electrons. The fourth-order valence-corrected chi connectivity index (χ4v) is 5.73. The fourth-order valence-electron chi connectivity index (χ4n) is 4.89. The highest BCUT2D eigenvalue weighted by Crippen LogP contribution is 2.36. The standard InChI is InChI=1S/C22H33N3O4S/c1-18-6-5-11-24(14-18)21(26)16-23-12-9-22(10-13-23)17-25(30(2,27)28)15-19-7-3-4-8-20(19)29-22/h3-4,7-8,18H,5-6,9-17H2,1-2H3. The number of para-hydroxylation sites is 1. The molecule has 2 saturated heterocycles. The normalized spacial score (nSPS) is 25.4. The number of ether oxygens (including phenoxy) is 1. The molecule has 1 spiro atoms. The summed E-state index contributed by atoms with van der Waals surface area (Å²) in [5.74, 6) is 1.56. The SMILES string of the molecule is CC1CCCN(C(=O)CN2CCC3(CC2)CN(S(C)(=O)=O)Cc2ccccc2O3)C1. The molecule has 3 heterocycles. The predicted molar refractivity (Wildman–Crippen MR) is 116 cm³/mol. The number of amides is 1. The molecule has 1 amide bonds. The van der Waals surface area contributed by atoms with E-state index < -0.39 is 15.6 Å². The van der Waals surface area contributed by atoms with E-state index in [0.717, 1.165) is 43.9 Å². The van der Waals surface area contributed by atoms with Crippen molar-refractivity contribution in [2.75, 3.05) is 45.5 Å². The summed E-state index contributed by atoms with van der Waals surface area (Å²) in [7, 11) is -3.34. The van der Waals surface area contributed by atoms with Crippen molar-refractivity contribution in [3.63, 3.8) is 0 Å². The van der Waals surface area contributed by atoms with E-state index in [9.17, 15) is 13.2 Å². The van der Waals surface area contributed by atoms with Gasteiger partial charge in [-0.15, -0.1) is 0 Å². The highest BCUT2D eigenvalue weighted by atomic mass is 32.2. The third-order valence-corrected chi connectivity index (χ3v) is 7.91. The van der Waals surface area contributed by atoms with E-state index in [-0.39, 0.29) is 5.91 Å². The molecule has 166 valence electrons. The van der Waals surface area contributed by atoms with Gasteiger partial charge in [-0.05, 0) is 24.8 Å². The predicted octanol–water partition coefficient (Wildman–Crippen LogP) is 1.93. The van der Waals surface area contributed by atoms with Crippen molar-refractivity contribution >= 4 is 15.9 Å². The summed E-state index contributed by atoms with van der Waals surface area (Å²) in [6, 6.07) is 7.70. The highest BCUT2D eigenvalue weighted by Gasteiger charge is 2.43. The van der Waals surface area contributed by atoms with Crippen molar-refractivity contribution in [1.29, 1.82) is 0 Å². The molecule has 2 fully saturated rings. The Hall–Kier alpha value is -1.64. The van der Waals surface area contributed by atoms with Gasteiger partial charge in [0.1, 0.15) is 11.4 Å². The van der Waals surface area contributed by atoms with Crippen LogP contribution in [0.4, 0.5) is 0 Å². The van der Waals surface area contributed by atoms with E-state index in [1.165, 1.54) is 17.0 Å². The first-order valence-corrected chi connectivity index (χ1v) is 12.8. The van der Waals surface area contributed by atoms with Gasteiger partial charge in [-0.1, -0.05) is 25.1 Å². The van der Waals surface area contributed by atoms with Crippen LogP contribution in [0.1, 0.15) is 38.2 Å². The minimum atomic E-state index is -3.34. The minimum absolute atomic E-state index is 0.211. The van der Waals surface area contributed by atoms with Gasteiger partial charge in [-0.2, -0.15) is 4.31 Å². The van der Waals surface area contributed by atoms with Crippen LogP contribution in [0.15, 0.2) is 24.3 Å². The van der Waals surface area contributed by atoms with Crippen molar-refractivity contribution in [3.8, 4) is 5.75 Å². The number of hydrogen-bond donors (Lipinski definition) is 0. The van der Waals surface area contributed by atoms with Gasteiger partial charge in [0, 0.05) is 51.1 Å². The van der Waals surface area contributed by atoms with Crippen molar-refractivity contribution in [1.82, 2.24) is 14.1 Å². The molecular weight excluding hydrogens is 402 g/mol. The lowest BCUT2D eigenvalue weighted by molar-refractivity contribution is -0.135. The Bertz CT molecular complexity index is 880. The molecule has 8 heteroatoms. The molecule has 0 saturated carbocycles. The topological polar surface area (TPSA) is 70.2 Å². The Morgan fingerprint density at radius 2 is 1.93 bits per heavy atom. The van der Waals surface area contributed by atoms with Gasteiger partial charge >= 0.3 is 0 Å². The van der Waals surface area contributed by atoms with Gasteiger partial charge < -0.3 is 9.64 Å². The Morgan fingerprint density at radius 1 is 1.20 bits per heavy atom. The molecular formula is C22H33N3O4S. The zero-order valence-electron chi connectivity index (χ0n) is 18.0. The molecule has 3 aliphatic heterocycles. The monoisotopic (exact) mass is 435 g/mol. The number of nitrogens with zero attached hydrogens (tertiary/aromatic N) is 3. The molecule has 7 nitrogen and oxygen atoms in total. The third kappa shape index (κ3) is 4.81. The first-order chi connectivity index (χ1) is 14.2. The fraction of sp³-hybridized carbons (Fsp3) is 0.682. The molecule has 3 aliphatic rings. The largest absolute Gasteiger partial charge is 0.485 e. The maximum absolute atomic E-state index is 12.7. The summed E-state index contributed by atoms with van der Waals surface area (Å²) >= 11 is 0. The lowest BCUT2D eigenvalue weighted by Gasteiger charge is -2.42. The van der Waals surface area contributed by atoms with Gasteiger partial charge in [0.05, 0.1) is 19.3 Å². The Balaban J connectivity index is 1.44. The van der Waals surface area contributed by atoms with E-state index in [0.29, 0.717) is 38.4 Å². The summed E-state index contributed by atoms with van der Waals surface area (Å²) in [6.45, 7) is 6.53. The molecule has 1 atom stereocenters. The van der Waals surface area contributed by atoms with Gasteiger partial charge in [-0.3, -0.25) is 9.69 Å². The molecule has 0 aliphatic carbocycles. The number of rotatable bonds is 3. The molecule has 1 aromatic carbocycles. The van der Waals surface area contributed by atoms with Crippen molar-refractivity contribution in [2.24, 2.45) is 5.92 Å². The van der Waals surface area contributed by atoms with Crippen LogP contribution in [0.25, 0.3) is 0 Å². The van der Waals surface area contributed by atoms with Crippen LogP contribution in [-0.4, -0.2) is 79.6 Å². The van der Waals surface area contributed by atoms with Crippen LogP contribution in [-0.2, 0) is 21.4 Å². The first kappa shape index (κ1) is 21.6. The number of carbonyl (C=O) groups excluding carboxylic acids is 1. The number of carbonyl (C=O) groups is 1. The molecule has 30 heavy (non-hydrogen) atoms. The number of benzene rings is 1. The minimum Gasteiger partial charge on any atom is -0.485 e. The van der Waals surface area contributed by atoms with Crippen LogP contribution >= 0.6 is 0 Å². The van der Waals surface area contributed by atoms with E-state index in [1.807, 2.05) is 29.2 Å². The van der Waals surface area contributed by atoms with Crippen LogP contribution in [0.5, 0.6) is 5.75 Å². The number of fused-ring (bicyclic) bond motifs is 1. The lowest BCUT2D eigenvalue weighted by Crippen LogP contribution is -2.55. The Labute approximate surface area is 180 Å². The van der Waals surface area contributed by atoms with E-state index in [2.05, 4.69) is 11.8 Å². The molecule has 0 bridgehead atoms. The molecule has 1 aromatic rings. The molecule has 0 aromatic heterocycles. The average Bonchev–Trinajstić information content (AvgIpc) is 2.86. The van der Waals surface area contributed by atoms with Gasteiger partial charge in [0.15, 0.2) is 0 Å². The van der Waals surface area contributed by atoms with Crippen LogP contribution < -0.4 is 4.74 Å². The molecule has 1 unspecified atom stereocenters. The van der Waals surface area contributed by atoms with E-state index in [4.69, 9.17) is 4.74 Å². The number of sulfonamides is 1. The lowest BCUT2D eigenvalue weighted by atomic mass is 9.90. The van der Waals surface area contributed by atoms with Gasteiger partial charge in [-0.25, -0.2) is 8.42 Å².